The molecule has 0 bridgehead atoms. The van der Waals surface area contributed by atoms with Gasteiger partial charge in [0.1, 0.15) is 12.4 Å². The Bertz CT molecular complexity index is 1110. The summed E-state index contributed by atoms with van der Waals surface area (Å²) in [5, 5.41) is 0.566. The van der Waals surface area contributed by atoms with Crippen LogP contribution in [-0.2, 0) is 9.53 Å². The number of aliphatic imine (C=N–C) groups is 1. The van der Waals surface area contributed by atoms with Crippen molar-refractivity contribution in [1.29, 1.82) is 0 Å². The van der Waals surface area contributed by atoms with Gasteiger partial charge in [-0.1, -0.05) is 11.6 Å². The average molecular weight is 434 g/mol. The molecule has 0 aromatic heterocycles. The van der Waals surface area contributed by atoms with Gasteiger partial charge in [-0.25, -0.2) is 9.79 Å². The zero-order valence-electron chi connectivity index (χ0n) is 15.5. The van der Waals surface area contributed by atoms with E-state index in [9.17, 15) is 13.6 Å². The Hall–Kier alpha value is -3.39. The van der Waals surface area contributed by atoms with E-state index in [1.54, 1.807) is 24.3 Å². The van der Waals surface area contributed by atoms with Gasteiger partial charge in [-0.2, -0.15) is 8.78 Å². The molecule has 0 fully saturated rings. The number of halogens is 3. The standard InChI is InChI=1S/C21H14ClF2NO5/c1-27-18-9-12(2-4-17(18)29-21(23)24)19-25-15(20(26)30-19)7-11-6-13-8-14(22)3-5-16(13)28-10-11/h2-9,21H,10H2,1H3/b15-7-. The van der Waals surface area contributed by atoms with Crippen molar-refractivity contribution >= 4 is 29.5 Å². The molecule has 0 aliphatic carbocycles. The number of fused-ring (bicyclic) bond motifs is 1. The second kappa shape index (κ2) is 8.16. The minimum Gasteiger partial charge on any atom is -0.493 e. The molecule has 0 amide bonds. The van der Waals surface area contributed by atoms with Crippen LogP contribution in [0.1, 0.15) is 11.1 Å². The molecule has 0 spiro atoms. The summed E-state index contributed by atoms with van der Waals surface area (Å²) in [4.78, 5) is 16.5. The molecule has 2 aromatic carbocycles. The molecule has 2 aliphatic rings. The van der Waals surface area contributed by atoms with Gasteiger partial charge in [-0.05, 0) is 54.1 Å². The molecule has 2 heterocycles. The summed E-state index contributed by atoms with van der Waals surface area (Å²) in [5.74, 6) is -0.0128. The van der Waals surface area contributed by atoms with Crippen LogP contribution in [0.2, 0.25) is 5.02 Å². The van der Waals surface area contributed by atoms with Gasteiger partial charge in [0.25, 0.3) is 0 Å². The Labute approximate surface area is 175 Å². The molecule has 154 valence electrons. The van der Waals surface area contributed by atoms with Crippen LogP contribution in [0.25, 0.3) is 6.08 Å². The van der Waals surface area contributed by atoms with Gasteiger partial charge in [0.2, 0.25) is 5.90 Å². The van der Waals surface area contributed by atoms with E-state index >= 15 is 0 Å². The molecule has 2 aromatic rings. The molecule has 0 radical (unpaired) electrons. The summed E-state index contributed by atoms with van der Waals surface area (Å²) in [6.45, 7) is -2.74. The number of nitrogens with zero attached hydrogens (tertiary/aromatic N) is 1. The Morgan fingerprint density at radius 2 is 2.03 bits per heavy atom. The molecule has 0 unspecified atom stereocenters. The molecule has 4 rings (SSSR count). The first kappa shape index (κ1) is 19.9. The summed E-state index contributed by atoms with van der Waals surface area (Å²) in [5.41, 5.74) is 1.95. The summed E-state index contributed by atoms with van der Waals surface area (Å²) < 4.78 is 45.3. The quantitative estimate of drug-likeness (QED) is 0.508. The predicted octanol–water partition coefficient (Wildman–Crippen LogP) is 4.61. The third kappa shape index (κ3) is 4.13. The van der Waals surface area contributed by atoms with E-state index in [1.165, 1.54) is 25.3 Å². The number of carbonyl (C=O) groups excluding carboxylic acids is 1. The van der Waals surface area contributed by atoms with Crippen LogP contribution in [-0.4, -0.2) is 32.2 Å². The number of hydrogen-bond acceptors (Lipinski definition) is 6. The van der Waals surface area contributed by atoms with Crippen LogP contribution in [0.4, 0.5) is 8.78 Å². The second-order valence-corrected chi connectivity index (χ2v) is 6.71. The minimum atomic E-state index is -2.99. The van der Waals surface area contributed by atoms with Gasteiger partial charge < -0.3 is 18.9 Å². The lowest BCUT2D eigenvalue weighted by atomic mass is 10.1. The third-order valence-corrected chi connectivity index (χ3v) is 4.51. The monoisotopic (exact) mass is 433 g/mol. The maximum absolute atomic E-state index is 12.5. The fourth-order valence-corrected chi connectivity index (χ4v) is 3.13. The Morgan fingerprint density at radius 1 is 1.20 bits per heavy atom. The van der Waals surface area contributed by atoms with Gasteiger partial charge in [-0.3, -0.25) is 0 Å². The molecule has 0 N–H and O–H groups in total. The minimum absolute atomic E-state index is 0.0221. The molecule has 0 saturated heterocycles. The number of hydrogen-bond donors (Lipinski definition) is 0. The first-order valence-electron chi connectivity index (χ1n) is 8.71. The molecular weight excluding hydrogens is 420 g/mol. The maximum atomic E-state index is 12.5. The van der Waals surface area contributed by atoms with Crippen LogP contribution < -0.4 is 14.2 Å². The lowest BCUT2D eigenvalue weighted by molar-refractivity contribution is -0.130. The predicted molar refractivity (Wildman–Crippen MR) is 105 cm³/mol. The smallest absolute Gasteiger partial charge is 0.387 e. The van der Waals surface area contributed by atoms with Crippen molar-refractivity contribution in [2.45, 2.75) is 6.61 Å². The SMILES string of the molecule is COc1cc(C2=N/C(=C\C3=Cc4cc(Cl)ccc4OC3)C(=O)O2)ccc1OC(F)F. The van der Waals surface area contributed by atoms with E-state index in [2.05, 4.69) is 9.73 Å². The third-order valence-electron chi connectivity index (χ3n) is 4.28. The van der Waals surface area contributed by atoms with Crippen molar-refractivity contribution in [2.75, 3.05) is 13.7 Å². The highest BCUT2D eigenvalue weighted by atomic mass is 35.5. The summed E-state index contributed by atoms with van der Waals surface area (Å²) in [7, 11) is 1.31. The van der Waals surface area contributed by atoms with Crippen molar-refractivity contribution < 1.29 is 32.5 Å². The van der Waals surface area contributed by atoms with Gasteiger partial charge in [-0.15, -0.1) is 0 Å². The summed E-state index contributed by atoms with van der Waals surface area (Å²) >= 11 is 6.01. The lowest BCUT2D eigenvalue weighted by Gasteiger charge is -2.16. The highest BCUT2D eigenvalue weighted by Gasteiger charge is 2.26. The van der Waals surface area contributed by atoms with Crippen LogP contribution in [0.3, 0.4) is 0 Å². The fraction of sp³-hybridized carbons (Fsp3) is 0.143. The van der Waals surface area contributed by atoms with Crippen LogP contribution in [0.15, 0.2) is 58.7 Å². The topological polar surface area (TPSA) is 66.4 Å². The molecule has 9 heteroatoms. The number of alkyl halides is 2. The number of carbonyl (C=O) groups is 1. The van der Waals surface area contributed by atoms with Gasteiger partial charge >= 0.3 is 12.6 Å². The molecule has 0 atom stereocenters. The highest BCUT2D eigenvalue weighted by Crippen LogP contribution is 2.32. The maximum Gasteiger partial charge on any atom is 0.387 e. The zero-order valence-corrected chi connectivity index (χ0v) is 16.3. The first-order chi connectivity index (χ1) is 14.4. The van der Waals surface area contributed by atoms with Crippen LogP contribution in [0, 0.1) is 0 Å². The van der Waals surface area contributed by atoms with Gasteiger partial charge in [0, 0.05) is 16.1 Å². The summed E-state index contributed by atoms with van der Waals surface area (Å²) in [6, 6.07) is 9.38. The zero-order chi connectivity index (χ0) is 21.3. The first-order valence-corrected chi connectivity index (χ1v) is 9.09. The number of benzene rings is 2. The number of cyclic esters (lactones) is 1. The number of rotatable bonds is 5. The van der Waals surface area contributed by atoms with E-state index in [0.29, 0.717) is 21.9 Å². The highest BCUT2D eigenvalue weighted by molar-refractivity contribution is 6.30. The van der Waals surface area contributed by atoms with Gasteiger partial charge in [0.05, 0.1) is 7.11 Å². The molecule has 2 aliphatic heterocycles. The Morgan fingerprint density at radius 3 is 2.80 bits per heavy atom. The summed E-state index contributed by atoms with van der Waals surface area (Å²) in [6.07, 6.45) is 3.41. The van der Waals surface area contributed by atoms with Crippen LogP contribution in [0.5, 0.6) is 17.2 Å². The number of esters is 1. The second-order valence-electron chi connectivity index (χ2n) is 6.27. The largest absolute Gasteiger partial charge is 0.493 e. The molecule has 0 saturated carbocycles. The van der Waals surface area contributed by atoms with E-state index in [0.717, 1.165) is 5.56 Å². The van der Waals surface area contributed by atoms with Crippen molar-refractivity contribution in [1.82, 2.24) is 0 Å². The van der Waals surface area contributed by atoms with E-state index in [1.807, 2.05) is 6.08 Å². The van der Waals surface area contributed by atoms with Crippen molar-refractivity contribution in [3.8, 4) is 17.2 Å². The van der Waals surface area contributed by atoms with E-state index in [4.69, 9.17) is 25.8 Å². The lowest BCUT2D eigenvalue weighted by Crippen LogP contribution is -2.08. The Balaban J connectivity index is 1.62. The van der Waals surface area contributed by atoms with E-state index in [-0.39, 0.29) is 29.7 Å². The van der Waals surface area contributed by atoms with Crippen molar-refractivity contribution in [3.63, 3.8) is 0 Å². The van der Waals surface area contributed by atoms with Crippen molar-refractivity contribution in [2.24, 2.45) is 4.99 Å². The average Bonchev–Trinajstić information content (AvgIpc) is 3.08. The van der Waals surface area contributed by atoms with Crippen molar-refractivity contribution in [3.05, 3.63) is 69.9 Å². The molecular formula is C21H14ClF2NO5. The van der Waals surface area contributed by atoms with Gasteiger partial charge in [0.15, 0.2) is 17.2 Å². The molecule has 30 heavy (non-hydrogen) atoms. The number of ether oxygens (including phenoxy) is 4. The van der Waals surface area contributed by atoms with Crippen LogP contribution >= 0.6 is 11.6 Å². The van der Waals surface area contributed by atoms with E-state index < -0.39 is 12.6 Å². The number of methoxy groups -OCH3 is 1. The molecule has 6 nitrogen and oxygen atoms in total. The fourth-order valence-electron chi connectivity index (χ4n) is 2.95. The Kier molecular flexibility index (Phi) is 5.41. The normalized spacial score (nSPS) is 16.6.